The van der Waals surface area contributed by atoms with E-state index in [2.05, 4.69) is 27.5 Å². The number of nitrogens with zero attached hydrogens (tertiary/aromatic N) is 2. The van der Waals surface area contributed by atoms with Gasteiger partial charge in [-0.1, -0.05) is 85.2 Å². The molecular weight excluding hydrogens is 671 g/mol. The number of allylic oxidation sites excluding steroid dienone is 1. The first-order valence-corrected chi connectivity index (χ1v) is 19.2. The summed E-state index contributed by atoms with van der Waals surface area (Å²) in [5.74, 6) is -1.48. The summed E-state index contributed by atoms with van der Waals surface area (Å²) >= 11 is 1.38. The van der Waals surface area contributed by atoms with Crippen LogP contribution in [0.2, 0.25) is 0 Å². The van der Waals surface area contributed by atoms with Gasteiger partial charge in [0.05, 0.1) is 19.7 Å². The van der Waals surface area contributed by atoms with Crippen LogP contribution in [0.4, 0.5) is 9.59 Å². The maximum Gasteiger partial charge on any atom is 0.410 e. The first-order chi connectivity index (χ1) is 24.1. The fourth-order valence-electron chi connectivity index (χ4n) is 6.66. The number of benzene rings is 1. The normalized spacial score (nSPS) is 25.9. The minimum atomic E-state index is -1.05. The molecule has 5 amide bonds. The number of carbonyl (C=O) groups is 5. The second kappa shape index (κ2) is 15.9. The van der Waals surface area contributed by atoms with Crippen LogP contribution >= 0.6 is 11.9 Å². The summed E-state index contributed by atoms with van der Waals surface area (Å²) in [6.45, 7) is 14.3. The summed E-state index contributed by atoms with van der Waals surface area (Å²) in [7, 11) is 0. The average Bonchev–Trinajstić information content (AvgIpc) is 3.64. The predicted molar refractivity (Wildman–Crippen MR) is 196 cm³/mol. The Morgan fingerprint density at radius 2 is 1.88 bits per heavy atom. The molecule has 5 rings (SSSR count). The Labute approximate surface area is 306 Å². The Bertz CT molecular complexity index is 1520. The first kappa shape index (κ1) is 38.5. The molecule has 0 radical (unpaired) electrons. The molecule has 1 aliphatic carbocycles. The van der Waals surface area contributed by atoms with Crippen molar-refractivity contribution < 1.29 is 33.4 Å². The van der Waals surface area contributed by atoms with Crippen molar-refractivity contribution in [2.75, 3.05) is 13.2 Å². The van der Waals surface area contributed by atoms with Crippen LogP contribution in [-0.2, 0) is 36.9 Å². The number of fused-ring (bicyclic) bond motifs is 3. The molecule has 4 bridgehead atoms. The van der Waals surface area contributed by atoms with E-state index in [0.717, 1.165) is 42.4 Å². The lowest BCUT2D eigenvalue weighted by Gasteiger charge is -2.35. The Balaban J connectivity index is 1.43. The van der Waals surface area contributed by atoms with Crippen LogP contribution in [0.1, 0.15) is 104 Å². The van der Waals surface area contributed by atoms with Gasteiger partial charge in [0, 0.05) is 18.2 Å². The molecule has 1 unspecified atom stereocenters. The van der Waals surface area contributed by atoms with Crippen LogP contribution < -0.4 is 15.4 Å². The quantitative estimate of drug-likeness (QED) is 0.311. The lowest BCUT2D eigenvalue weighted by atomic mass is 9.85. The number of alkyl carbamates (subject to hydrolysis) is 1. The molecule has 5 atom stereocenters. The van der Waals surface area contributed by atoms with Gasteiger partial charge in [0.15, 0.2) is 0 Å². The third kappa shape index (κ3) is 9.78. The zero-order chi connectivity index (χ0) is 37.1. The Hall–Kier alpha value is -3.74. The molecule has 280 valence electrons. The van der Waals surface area contributed by atoms with Crippen LogP contribution in [0, 0.1) is 16.7 Å². The van der Waals surface area contributed by atoms with E-state index in [4.69, 9.17) is 9.47 Å². The standard InChI is InChI=1S/C38H55N5O7S/c1-8-23(2)30(33(45)41-51-27-15-16-27)39-32(44)29-18-26-20-43(29)34(46)31(37(3,4)5)40-35(47)49-22-38(6,7)17-10-9-12-24-13-11-14-25-19-42(21-28(24)25)36(48)50-26/h9,11-14,23,26-27,29-31H,8,10,15-22H2,1-7H3,(H,39,44)(H,40,47)(H,41,45)/b12-9+/t23-,26+,29-,30?,31+/m0/s1. The van der Waals surface area contributed by atoms with Crippen molar-refractivity contribution >= 4 is 47.9 Å². The van der Waals surface area contributed by atoms with E-state index in [1.54, 1.807) is 4.90 Å². The molecule has 0 spiro atoms. The molecule has 2 fully saturated rings. The first-order valence-electron chi connectivity index (χ1n) is 18.3. The number of amides is 5. The van der Waals surface area contributed by atoms with Gasteiger partial charge >= 0.3 is 12.2 Å². The molecule has 1 saturated heterocycles. The van der Waals surface area contributed by atoms with Crippen molar-refractivity contribution in [1.29, 1.82) is 0 Å². The molecule has 3 N–H and O–H groups in total. The summed E-state index contributed by atoms with van der Waals surface area (Å²) < 4.78 is 14.6. The maximum absolute atomic E-state index is 14.5. The van der Waals surface area contributed by atoms with Crippen molar-refractivity contribution in [3.63, 3.8) is 0 Å². The number of nitrogens with one attached hydrogen (secondary N) is 3. The van der Waals surface area contributed by atoms with Gasteiger partial charge in [-0.15, -0.1) is 0 Å². The Kier molecular flexibility index (Phi) is 12.0. The van der Waals surface area contributed by atoms with Gasteiger partial charge in [-0.25, -0.2) is 9.59 Å². The lowest BCUT2D eigenvalue weighted by molar-refractivity contribution is -0.142. The van der Waals surface area contributed by atoms with Crippen molar-refractivity contribution in [3.8, 4) is 0 Å². The van der Waals surface area contributed by atoms with E-state index in [-0.39, 0.29) is 36.8 Å². The molecule has 3 aliphatic heterocycles. The summed E-state index contributed by atoms with van der Waals surface area (Å²) in [6, 6.07) is 3.09. The van der Waals surface area contributed by atoms with Gasteiger partial charge < -0.3 is 25.0 Å². The third-order valence-corrected chi connectivity index (χ3v) is 11.4. The van der Waals surface area contributed by atoms with Crippen molar-refractivity contribution in [3.05, 3.63) is 41.0 Å². The van der Waals surface area contributed by atoms with Gasteiger partial charge in [0.25, 0.3) is 5.91 Å². The highest BCUT2D eigenvalue weighted by Crippen LogP contribution is 2.33. The minimum absolute atomic E-state index is 0.0409. The van der Waals surface area contributed by atoms with E-state index in [1.807, 2.05) is 66.7 Å². The van der Waals surface area contributed by atoms with Crippen molar-refractivity contribution in [2.45, 2.75) is 130 Å². The Morgan fingerprint density at radius 1 is 1.14 bits per heavy atom. The number of ether oxygens (including phenoxy) is 2. The number of rotatable bonds is 7. The molecule has 1 saturated carbocycles. The Morgan fingerprint density at radius 3 is 2.57 bits per heavy atom. The number of hydrogen-bond donors (Lipinski definition) is 3. The van der Waals surface area contributed by atoms with E-state index < -0.39 is 53.6 Å². The molecule has 0 aromatic heterocycles. The summed E-state index contributed by atoms with van der Waals surface area (Å²) in [5, 5.41) is 6.10. The highest BCUT2D eigenvalue weighted by atomic mass is 32.2. The van der Waals surface area contributed by atoms with Crippen molar-refractivity contribution in [1.82, 2.24) is 25.2 Å². The molecule has 12 nitrogen and oxygen atoms in total. The van der Waals surface area contributed by atoms with Gasteiger partial charge in [0.2, 0.25) is 11.8 Å². The van der Waals surface area contributed by atoms with Crippen LogP contribution in [0.5, 0.6) is 0 Å². The molecule has 3 heterocycles. The molecular formula is C38H55N5O7S. The predicted octanol–water partition coefficient (Wildman–Crippen LogP) is 5.54. The maximum atomic E-state index is 14.5. The van der Waals surface area contributed by atoms with Crippen LogP contribution in [-0.4, -0.2) is 82.3 Å². The SMILES string of the molecule is CC[C@H](C)C(NC(=O)[C@@H]1C[C@@H]2CN1C(=O)[C@H](C(C)(C)C)NC(=O)OCC(C)(C)CC/C=C/c1cccc3c1CN(C3)C(=O)O2)C(=O)NSC1CC1. The zero-order valence-corrected chi connectivity index (χ0v) is 31.9. The number of cyclic esters (lactones) is 1. The third-order valence-electron chi connectivity index (χ3n) is 10.3. The van der Waals surface area contributed by atoms with Crippen LogP contribution in [0.15, 0.2) is 24.3 Å². The molecule has 51 heavy (non-hydrogen) atoms. The fraction of sp³-hybridized carbons (Fsp3) is 0.658. The molecule has 1 aromatic carbocycles. The lowest BCUT2D eigenvalue weighted by Crippen LogP contribution is -2.59. The highest BCUT2D eigenvalue weighted by Gasteiger charge is 2.47. The van der Waals surface area contributed by atoms with E-state index in [0.29, 0.717) is 24.8 Å². The van der Waals surface area contributed by atoms with Crippen LogP contribution in [0.3, 0.4) is 0 Å². The van der Waals surface area contributed by atoms with E-state index in [9.17, 15) is 24.0 Å². The zero-order valence-electron chi connectivity index (χ0n) is 31.1. The number of hydrogen-bond acceptors (Lipinski definition) is 8. The molecule has 4 aliphatic rings. The number of carbonyl (C=O) groups excluding carboxylic acids is 5. The summed E-state index contributed by atoms with van der Waals surface area (Å²) in [5.41, 5.74) is 2.04. The average molecular weight is 726 g/mol. The second-order valence-corrected chi connectivity index (χ2v) is 17.5. The van der Waals surface area contributed by atoms with E-state index in [1.165, 1.54) is 16.8 Å². The summed E-state index contributed by atoms with van der Waals surface area (Å²) in [4.78, 5) is 71.8. The van der Waals surface area contributed by atoms with Gasteiger partial charge in [0.1, 0.15) is 24.2 Å². The summed E-state index contributed by atoms with van der Waals surface area (Å²) in [6.07, 6.45) is 6.41. The highest BCUT2D eigenvalue weighted by molar-refractivity contribution is 7.98. The van der Waals surface area contributed by atoms with Crippen molar-refractivity contribution in [2.24, 2.45) is 16.7 Å². The minimum Gasteiger partial charge on any atom is -0.449 e. The smallest absolute Gasteiger partial charge is 0.410 e. The largest absolute Gasteiger partial charge is 0.449 e. The van der Waals surface area contributed by atoms with Crippen LogP contribution in [0.25, 0.3) is 6.08 Å². The van der Waals surface area contributed by atoms with E-state index >= 15 is 0 Å². The monoisotopic (exact) mass is 725 g/mol. The second-order valence-electron chi connectivity index (χ2n) is 16.4. The van der Waals surface area contributed by atoms with Gasteiger partial charge in [-0.05, 0) is 71.1 Å². The van der Waals surface area contributed by atoms with Gasteiger partial charge in [-0.2, -0.15) is 0 Å². The van der Waals surface area contributed by atoms with Gasteiger partial charge in [-0.3, -0.25) is 24.0 Å². The fourth-order valence-corrected chi connectivity index (χ4v) is 7.44. The molecule has 13 heteroatoms. The molecule has 1 aromatic rings. The topological polar surface area (TPSA) is 146 Å².